The van der Waals surface area contributed by atoms with Gasteiger partial charge in [0.2, 0.25) is 0 Å². The summed E-state index contributed by atoms with van der Waals surface area (Å²) in [5.41, 5.74) is -0.239. The van der Waals surface area contributed by atoms with Crippen LogP contribution in [0.3, 0.4) is 0 Å². The summed E-state index contributed by atoms with van der Waals surface area (Å²) in [7, 11) is 0. The highest BCUT2D eigenvalue weighted by Crippen LogP contribution is 2.25. The minimum atomic E-state index is -0.779. The molecule has 0 aromatic heterocycles. The van der Waals surface area contributed by atoms with E-state index in [1.807, 2.05) is 6.07 Å². The fourth-order valence-corrected chi connectivity index (χ4v) is 1.68. The fourth-order valence-electron chi connectivity index (χ4n) is 1.68. The second kappa shape index (κ2) is 5.97. The number of halogens is 2. The Bertz CT molecular complexity index is 491. The molecule has 0 aliphatic heterocycles. The first-order valence-corrected chi connectivity index (χ1v) is 5.57. The van der Waals surface area contributed by atoms with Crippen molar-refractivity contribution < 1.29 is 8.78 Å². The zero-order valence-electron chi connectivity index (χ0n) is 10.2. The van der Waals surface area contributed by atoms with E-state index in [1.165, 1.54) is 4.90 Å². The first kappa shape index (κ1) is 13.9. The second-order valence-corrected chi connectivity index (χ2v) is 3.97. The Balaban J connectivity index is 3.15. The largest absolute Gasteiger partial charge is 0.366 e. The fraction of sp³-hybridized carbons (Fsp3) is 0.385. The van der Waals surface area contributed by atoms with Gasteiger partial charge in [0.05, 0.1) is 23.6 Å². The lowest BCUT2D eigenvalue weighted by Crippen LogP contribution is -2.29. The molecule has 5 heteroatoms. The molecule has 0 fully saturated rings. The molecule has 0 spiro atoms. The van der Waals surface area contributed by atoms with E-state index in [0.29, 0.717) is 6.54 Å². The third kappa shape index (κ3) is 2.95. The molecule has 1 aromatic carbocycles. The monoisotopic (exact) mass is 249 g/mol. The molecular formula is C13H13F2N3. The van der Waals surface area contributed by atoms with Crippen molar-refractivity contribution in [2.24, 2.45) is 5.92 Å². The molecule has 1 atom stereocenters. The quantitative estimate of drug-likeness (QED) is 0.824. The number of hydrogen-bond donors (Lipinski definition) is 0. The third-order valence-electron chi connectivity index (χ3n) is 2.56. The average molecular weight is 249 g/mol. The van der Waals surface area contributed by atoms with E-state index < -0.39 is 11.6 Å². The van der Waals surface area contributed by atoms with Gasteiger partial charge in [-0.25, -0.2) is 8.78 Å². The summed E-state index contributed by atoms with van der Waals surface area (Å²) in [6.07, 6.45) is 0. The average Bonchev–Trinajstić information content (AvgIpc) is 2.35. The molecule has 3 nitrogen and oxygen atoms in total. The van der Waals surface area contributed by atoms with Gasteiger partial charge in [-0.3, -0.25) is 0 Å². The van der Waals surface area contributed by atoms with Gasteiger partial charge in [-0.05, 0) is 26.0 Å². The molecule has 0 aliphatic carbocycles. The summed E-state index contributed by atoms with van der Waals surface area (Å²) in [6, 6.07) is 5.71. The molecule has 1 rings (SSSR count). The van der Waals surface area contributed by atoms with E-state index in [0.717, 1.165) is 12.1 Å². The number of hydrogen-bond acceptors (Lipinski definition) is 3. The molecule has 0 saturated heterocycles. The number of nitrogens with zero attached hydrogens (tertiary/aromatic N) is 3. The number of benzene rings is 1. The van der Waals surface area contributed by atoms with E-state index in [1.54, 1.807) is 19.9 Å². The second-order valence-electron chi connectivity index (χ2n) is 3.97. The van der Waals surface area contributed by atoms with Crippen molar-refractivity contribution in [3.05, 3.63) is 29.3 Å². The van der Waals surface area contributed by atoms with Crippen LogP contribution in [0.25, 0.3) is 0 Å². The highest BCUT2D eigenvalue weighted by molar-refractivity contribution is 5.52. The summed E-state index contributed by atoms with van der Waals surface area (Å²) in [5.74, 6) is -1.89. The first-order chi connectivity index (χ1) is 8.53. The first-order valence-electron chi connectivity index (χ1n) is 5.57. The van der Waals surface area contributed by atoms with Gasteiger partial charge < -0.3 is 4.90 Å². The van der Waals surface area contributed by atoms with Crippen LogP contribution in [-0.4, -0.2) is 13.1 Å². The van der Waals surface area contributed by atoms with Gasteiger partial charge in [-0.2, -0.15) is 10.5 Å². The van der Waals surface area contributed by atoms with Gasteiger partial charge in [-0.1, -0.05) is 0 Å². The highest BCUT2D eigenvalue weighted by atomic mass is 19.1. The number of rotatable bonds is 4. The standard InChI is InChI=1S/C13H13F2N3/c1-3-18(8-9(2)6-16)13-11(14)4-10(7-17)5-12(13)15/h4-5,9H,3,8H2,1-2H3. The summed E-state index contributed by atoms with van der Waals surface area (Å²) in [5, 5.41) is 17.4. The van der Waals surface area contributed by atoms with Crippen LogP contribution in [0, 0.1) is 40.2 Å². The van der Waals surface area contributed by atoms with Crippen LogP contribution < -0.4 is 4.90 Å². The molecule has 0 amide bonds. The Kier molecular flexibility index (Phi) is 4.62. The van der Waals surface area contributed by atoms with Gasteiger partial charge >= 0.3 is 0 Å². The van der Waals surface area contributed by atoms with Gasteiger partial charge in [0, 0.05) is 13.1 Å². The molecule has 0 bridgehead atoms. The SMILES string of the molecule is CCN(CC(C)C#N)c1c(F)cc(C#N)cc1F. The lowest BCUT2D eigenvalue weighted by atomic mass is 10.1. The number of nitriles is 2. The minimum absolute atomic E-state index is 0.0573. The van der Waals surface area contributed by atoms with Gasteiger partial charge in [0.15, 0.2) is 11.6 Å². The van der Waals surface area contributed by atoms with Crippen molar-refractivity contribution in [1.29, 1.82) is 10.5 Å². The molecular weight excluding hydrogens is 236 g/mol. The Hall–Kier alpha value is -2.14. The lowest BCUT2D eigenvalue weighted by molar-refractivity contribution is 0.562. The van der Waals surface area contributed by atoms with E-state index >= 15 is 0 Å². The molecule has 1 aromatic rings. The van der Waals surface area contributed by atoms with Crippen LogP contribution in [0.2, 0.25) is 0 Å². The van der Waals surface area contributed by atoms with Crippen molar-refractivity contribution >= 4 is 5.69 Å². The molecule has 0 aliphatic rings. The van der Waals surface area contributed by atoms with Crippen molar-refractivity contribution in [2.75, 3.05) is 18.0 Å². The zero-order chi connectivity index (χ0) is 13.7. The Labute approximate surface area is 105 Å². The molecule has 0 saturated carbocycles. The predicted molar refractivity (Wildman–Crippen MR) is 63.7 cm³/mol. The topological polar surface area (TPSA) is 50.8 Å². The molecule has 18 heavy (non-hydrogen) atoms. The van der Waals surface area contributed by atoms with Crippen molar-refractivity contribution in [2.45, 2.75) is 13.8 Å². The summed E-state index contributed by atoms with van der Waals surface area (Å²) >= 11 is 0. The molecule has 1 unspecified atom stereocenters. The third-order valence-corrected chi connectivity index (χ3v) is 2.56. The van der Waals surface area contributed by atoms with Gasteiger partial charge in [0.25, 0.3) is 0 Å². The molecule has 0 radical (unpaired) electrons. The predicted octanol–water partition coefficient (Wildman–Crippen LogP) is 2.82. The molecule has 94 valence electrons. The van der Waals surface area contributed by atoms with Crippen LogP contribution in [-0.2, 0) is 0 Å². The molecule has 0 heterocycles. The summed E-state index contributed by atoms with van der Waals surface area (Å²) < 4.78 is 27.5. The van der Waals surface area contributed by atoms with E-state index in [-0.39, 0.29) is 23.7 Å². The minimum Gasteiger partial charge on any atom is -0.366 e. The van der Waals surface area contributed by atoms with Crippen LogP contribution in [0.15, 0.2) is 12.1 Å². The summed E-state index contributed by atoms with van der Waals surface area (Å²) in [6.45, 7) is 4.06. The smallest absolute Gasteiger partial charge is 0.150 e. The zero-order valence-corrected chi connectivity index (χ0v) is 10.2. The van der Waals surface area contributed by atoms with Crippen LogP contribution in [0.1, 0.15) is 19.4 Å². The van der Waals surface area contributed by atoms with E-state index in [4.69, 9.17) is 10.5 Å². The van der Waals surface area contributed by atoms with Gasteiger partial charge in [0.1, 0.15) is 5.69 Å². The van der Waals surface area contributed by atoms with Crippen molar-refractivity contribution in [1.82, 2.24) is 0 Å². The maximum Gasteiger partial charge on any atom is 0.150 e. The van der Waals surface area contributed by atoms with Crippen LogP contribution in [0.4, 0.5) is 14.5 Å². The molecule has 0 N–H and O–H groups in total. The van der Waals surface area contributed by atoms with Crippen LogP contribution in [0.5, 0.6) is 0 Å². The van der Waals surface area contributed by atoms with Gasteiger partial charge in [-0.15, -0.1) is 0 Å². The van der Waals surface area contributed by atoms with Crippen molar-refractivity contribution in [3.8, 4) is 12.1 Å². The Morgan fingerprint density at radius 3 is 2.22 bits per heavy atom. The lowest BCUT2D eigenvalue weighted by Gasteiger charge is -2.25. The van der Waals surface area contributed by atoms with E-state index in [2.05, 4.69) is 0 Å². The van der Waals surface area contributed by atoms with Crippen LogP contribution >= 0.6 is 0 Å². The normalized spacial score (nSPS) is 11.4. The maximum atomic E-state index is 13.8. The summed E-state index contributed by atoms with van der Waals surface area (Å²) in [4.78, 5) is 1.46. The Morgan fingerprint density at radius 2 is 1.83 bits per heavy atom. The van der Waals surface area contributed by atoms with Crippen molar-refractivity contribution in [3.63, 3.8) is 0 Å². The number of anilines is 1. The maximum absolute atomic E-state index is 13.8. The van der Waals surface area contributed by atoms with E-state index in [9.17, 15) is 8.78 Å². The Morgan fingerprint density at radius 1 is 1.28 bits per heavy atom. The highest BCUT2D eigenvalue weighted by Gasteiger charge is 2.18.